The Morgan fingerprint density at radius 1 is 0.379 bits per heavy atom. The predicted octanol–water partition coefficient (Wildman–Crippen LogP) is 2.75. The second-order valence-corrected chi connectivity index (χ2v) is 10.6. The van der Waals surface area contributed by atoms with Crippen LogP contribution in [-0.4, -0.2) is 37.4 Å². The summed E-state index contributed by atoms with van der Waals surface area (Å²) < 4.78 is 0. The first-order chi connectivity index (χ1) is 12.5. The number of rotatable bonds is 8. The Bertz CT molecular complexity index is 239. The summed E-state index contributed by atoms with van der Waals surface area (Å²) >= 11 is 0. The molecule has 176 valence electrons. The molecule has 0 aliphatic carbocycles. The Kier molecular flexibility index (Phi) is 27.2. The van der Waals surface area contributed by atoms with Crippen LogP contribution in [0.15, 0.2) is 0 Å². The van der Waals surface area contributed by atoms with Crippen molar-refractivity contribution in [3.05, 3.63) is 0 Å². The molecule has 0 amide bonds. The average Bonchev–Trinajstić information content (AvgIpc) is 2.69. The van der Waals surface area contributed by atoms with Crippen LogP contribution in [0.2, 0.25) is 0 Å². The van der Waals surface area contributed by atoms with Crippen molar-refractivity contribution < 1.29 is 20.4 Å². The van der Waals surface area contributed by atoms with E-state index in [0.29, 0.717) is 0 Å². The summed E-state index contributed by atoms with van der Waals surface area (Å²) in [4.78, 5) is 0. The fraction of sp³-hybridized carbons (Fsp3) is 1.00. The minimum Gasteiger partial charge on any atom is -0.854 e. The van der Waals surface area contributed by atoms with Crippen LogP contribution in [0.25, 0.3) is 0 Å². The van der Waals surface area contributed by atoms with Gasteiger partial charge in [-0.25, -0.2) is 0 Å². The summed E-state index contributed by atoms with van der Waals surface area (Å²) in [5, 5.41) is 40.7. The minimum absolute atomic E-state index is 0. The van der Waals surface area contributed by atoms with Gasteiger partial charge in [-0.3, -0.25) is 0 Å². The van der Waals surface area contributed by atoms with E-state index in [1.165, 1.54) is 0 Å². The molecule has 0 saturated heterocycles. The smallest absolute Gasteiger partial charge is 0.854 e. The van der Waals surface area contributed by atoms with E-state index in [1.54, 1.807) is 0 Å². The molecular weight excluding hydrogens is 380 g/mol. The third kappa shape index (κ3) is 32.9. The van der Waals surface area contributed by atoms with Gasteiger partial charge in [-0.05, 0) is 0 Å². The van der Waals surface area contributed by atoms with E-state index in [9.17, 15) is 20.4 Å². The topological polar surface area (TPSA) is 92.2 Å². The van der Waals surface area contributed by atoms with E-state index in [-0.39, 0.29) is 59.1 Å². The standard InChI is InChI=1S/4C6H13O.Si/c4*1-4-6(2,3)5-7;/h4*4-5H2,1-3H3;/q4*-1;+4. The molecule has 0 fully saturated rings. The second-order valence-electron chi connectivity index (χ2n) is 10.6. The first-order valence-corrected chi connectivity index (χ1v) is 10.8. The van der Waals surface area contributed by atoms with Crippen LogP contribution in [-0.2, 0) is 0 Å². The van der Waals surface area contributed by atoms with Gasteiger partial charge in [0.2, 0.25) is 0 Å². The number of hydrogen-bond acceptors (Lipinski definition) is 4. The molecular formula is C24H52O4Si. The van der Waals surface area contributed by atoms with Gasteiger partial charge in [-0.1, -0.05) is 130 Å². The van der Waals surface area contributed by atoms with E-state index >= 15 is 0 Å². The molecule has 0 unspecified atom stereocenters. The average molecular weight is 433 g/mol. The Hall–Kier alpha value is 0.0569. The van der Waals surface area contributed by atoms with E-state index in [1.807, 2.05) is 83.1 Å². The summed E-state index contributed by atoms with van der Waals surface area (Å²) in [7, 11) is 0. The van der Waals surface area contributed by atoms with E-state index in [4.69, 9.17) is 0 Å². The van der Waals surface area contributed by atoms with E-state index < -0.39 is 0 Å². The zero-order valence-corrected chi connectivity index (χ0v) is 22.8. The van der Waals surface area contributed by atoms with Crippen molar-refractivity contribution in [2.45, 2.75) is 109 Å². The van der Waals surface area contributed by atoms with Crippen LogP contribution in [0.3, 0.4) is 0 Å². The summed E-state index contributed by atoms with van der Waals surface area (Å²) in [6, 6.07) is 0. The molecule has 0 aromatic carbocycles. The number of hydrogen-bond donors (Lipinski definition) is 0. The fourth-order valence-corrected chi connectivity index (χ4v) is 0.408. The molecule has 0 radical (unpaired) electrons. The molecule has 4 nitrogen and oxygen atoms in total. The summed E-state index contributed by atoms with van der Waals surface area (Å²) in [6.45, 7) is 24.2. The van der Waals surface area contributed by atoms with Crippen molar-refractivity contribution in [2.24, 2.45) is 21.7 Å². The van der Waals surface area contributed by atoms with Gasteiger partial charge in [-0.15, -0.1) is 26.4 Å². The first kappa shape index (κ1) is 39.5. The Labute approximate surface area is 188 Å². The third-order valence-corrected chi connectivity index (χ3v) is 5.39. The van der Waals surface area contributed by atoms with Gasteiger partial charge >= 0.3 is 11.0 Å². The molecule has 0 rings (SSSR count). The molecule has 0 aromatic rings. The van der Waals surface area contributed by atoms with Crippen LogP contribution in [0.4, 0.5) is 0 Å². The molecule has 29 heavy (non-hydrogen) atoms. The molecule has 0 atom stereocenters. The maximum absolute atomic E-state index is 10.2. The normalized spacial score (nSPS) is 11.6. The SMILES string of the molecule is CCC(C)(C)C[O-].CCC(C)(C)C[O-].CCC(C)(C)C[O-].CCC(C)(C)C[O-].[Si+4]. The van der Waals surface area contributed by atoms with Gasteiger partial charge in [-0.2, -0.15) is 0 Å². The van der Waals surface area contributed by atoms with E-state index in [2.05, 4.69) is 0 Å². The van der Waals surface area contributed by atoms with Crippen LogP contribution in [0.5, 0.6) is 0 Å². The Balaban J connectivity index is -0.0000000873. The van der Waals surface area contributed by atoms with Gasteiger partial charge < -0.3 is 20.4 Å². The molecule has 0 bridgehead atoms. The molecule has 0 aliphatic rings. The monoisotopic (exact) mass is 432 g/mol. The van der Waals surface area contributed by atoms with Crippen LogP contribution >= 0.6 is 0 Å². The zero-order chi connectivity index (χ0) is 23.7. The summed E-state index contributed by atoms with van der Waals surface area (Å²) in [5.41, 5.74) is 0.111. The fourth-order valence-electron chi connectivity index (χ4n) is 0.408. The maximum Gasteiger partial charge on any atom is 4.00 e. The summed E-state index contributed by atoms with van der Waals surface area (Å²) in [5.74, 6) is 0. The van der Waals surface area contributed by atoms with Crippen molar-refractivity contribution in [2.75, 3.05) is 26.4 Å². The molecule has 5 heteroatoms. The summed E-state index contributed by atoms with van der Waals surface area (Å²) in [6.07, 6.45) is 3.93. The predicted molar refractivity (Wildman–Crippen MR) is 122 cm³/mol. The van der Waals surface area contributed by atoms with Crippen molar-refractivity contribution >= 4 is 11.0 Å². The van der Waals surface area contributed by atoms with Gasteiger partial charge in [0.05, 0.1) is 0 Å². The second kappa shape index (κ2) is 20.0. The van der Waals surface area contributed by atoms with Gasteiger partial charge in [0, 0.05) is 0 Å². The minimum atomic E-state index is 0. The van der Waals surface area contributed by atoms with Gasteiger partial charge in [0.25, 0.3) is 0 Å². The molecule has 0 aliphatic heterocycles. The Morgan fingerprint density at radius 3 is 0.483 bits per heavy atom. The van der Waals surface area contributed by atoms with Gasteiger partial charge in [0.1, 0.15) is 0 Å². The zero-order valence-electron chi connectivity index (χ0n) is 21.8. The maximum atomic E-state index is 10.2. The molecule has 0 N–H and O–H groups in total. The molecule has 0 aromatic heterocycles. The van der Waals surface area contributed by atoms with Crippen LogP contribution in [0, 0.1) is 21.7 Å². The first-order valence-electron chi connectivity index (χ1n) is 10.8. The molecule has 0 spiro atoms. The van der Waals surface area contributed by atoms with Crippen LogP contribution < -0.4 is 20.4 Å². The third-order valence-electron chi connectivity index (χ3n) is 5.39. The quantitative estimate of drug-likeness (QED) is 0.551. The Morgan fingerprint density at radius 2 is 0.483 bits per heavy atom. The van der Waals surface area contributed by atoms with Gasteiger partial charge in [0.15, 0.2) is 0 Å². The largest absolute Gasteiger partial charge is 4.00 e. The molecule has 0 saturated carbocycles. The van der Waals surface area contributed by atoms with Crippen molar-refractivity contribution in [1.29, 1.82) is 0 Å². The molecule has 0 heterocycles. The van der Waals surface area contributed by atoms with Crippen LogP contribution in [0.1, 0.15) is 109 Å². The van der Waals surface area contributed by atoms with Crippen molar-refractivity contribution in [1.82, 2.24) is 0 Å². The van der Waals surface area contributed by atoms with Crippen molar-refractivity contribution in [3.63, 3.8) is 0 Å². The van der Waals surface area contributed by atoms with Crippen molar-refractivity contribution in [3.8, 4) is 0 Å². The van der Waals surface area contributed by atoms with E-state index in [0.717, 1.165) is 25.7 Å².